The van der Waals surface area contributed by atoms with Gasteiger partial charge < -0.3 is 20.8 Å². The minimum atomic E-state index is -0.460. The molecule has 4 unspecified atom stereocenters. The molecule has 4 atom stereocenters. The van der Waals surface area contributed by atoms with Gasteiger partial charge in [-0.25, -0.2) is 9.38 Å². The molecule has 4 N–H and O–H groups in total. The highest BCUT2D eigenvalue weighted by molar-refractivity contribution is 9.10. The maximum absolute atomic E-state index is 13.5. The van der Waals surface area contributed by atoms with E-state index in [0.29, 0.717) is 16.2 Å². The molecule has 33 heavy (non-hydrogen) atoms. The molecular weight excluding hydrogens is 507 g/mol. The van der Waals surface area contributed by atoms with E-state index < -0.39 is 5.54 Å². The number of rotatable bonds is 2. The molecule has 0 saturated heterocycles. The number of benzene rings is 2. The van der Waals surface area contributed by atoms with Crippen molar-refractivity contribution in [1.29, 1.82) is 0 Å². The smallest absolute Gasteiger partial charge is 0.267 e. The van der Waals surface area contributed by atoms with E-state index in [1.807, 2.05) is 12.1 Å². The zero-order valence-electron chi connectivity index (χ0n) is 17.6. The molecule has 6 nitrogen and oxygen atoms in total. The van der Waals surface area contributed by atoms with Crippen molar-refractivity contribution in [1.82, 2.24) is 10.3 Å². The van der Waals surface area contributed by atoms with Crippen LogP contribution in [-0.2, 0) is 5.54 Å². The van der Waals surface area contributed by atoms with Crippen molar-refractivity contribution >= 4 is 49.7 Å². The van der Waals surface area contributed by atoms with Gasteiger partial charge in [-0.3, -0.25) is 4.79 Å². The van der Waals surface area contributed by atoms with E-state index in [1.54, 1.807) is 23.9 Å². The van der Waals surface area contributed by atoms with Gasteiger partial charge in [-0.1, -0.05) is 27.7 Å². The van der Waals surface area contributed by atoms with Crippen molar-refractivity contribution < 1.29 is 13.9 Å². The van der Waals surface area contributed by atoms with Gasteiger partial charge in [-0.2, -0.15) is 0 Å². The van der Waals surface area contributed by atoms with Gasteiger partial charge in [0.1, 0.15) is 28.9 Å². The summed E-state index contributed by atoms with van der Waals surface area (Å²) in [5.41, 5.74) is 7.91. The van der Waals surface area contributed by atoms with Gasteiger partial charge >= 0.3 is 0 Å². The first kappa shape index (κ1) is 21.0. The number of aromatic amines is 1. The Morgan fingerprint density at radius 3 is 2.97 bits per heavy atom. The Labute approximate surface area is 202 Å². The van der Waals surface area contributed by atoms with E-state index in [-0.39, 0.29) is 29.8 Å². The summed E-state index contributed by atoms with van der Waals surface area (Å²) >= 11 is 5.16. The van der Waals surface area contributed by atoms with Crippen molar-refractivity contribution in [2.24, 2.45) is 16.6 Å². The number of hydrogen-bond acceptors (Lipinski definition) is 5. The standard InChI is InChI=1S/C24H22BrFN4O2S/c25-13-1-5-20-16(9-13)24(11-33-23(27)30-24)17-10-15(3-6-21(17)32-20)28-22(31)19-8-12-7-14(26)2-4-18(12)29-19/h1-2,4-5,7-9,15,17,21,29H,3,6,10-11H2,(H2,27,30)(H,28,31). The van der Waals surface area contributed by atoms with Gasteiger partial charge in [0.15, 0.2) is 5.17 Å². The average molecular weight is 529 g/mol. The van der Waals surface area contributed by atoms with E-state index in [9.17, 15) is 9.18 Å². The van der Waals surface area contributed by atoms with E-state index in [2.05, 4.69) is 32.3 Å². The number of hydrogen-bond donors (Lipinski definition) is 3. The van der Waals surface area contributed by atoms with E-state index in [4.69, 9.17) is 15.5 Å². The lowest BCUT2D eigenvalue weighted by Crippen LogP contribution is -2.54. The minimum Gasteiger partial charge on any atom is -0.490 e. The molecule has 1 amide bonds. The van der Waals surface area contributed by atoms with Gasteiger partial charge in [0.2, 0.25) is 0 Å². The normalized spacial score (nSPS) is 28.2. The molecule has 1 saturated carbocycles. The molecule has 170 valence electrons. The number of amides is 1. The Bertz CT molecular complexity index is 1310. The highest BCUT2D eigenvalue weighted by Gasteiger charge is 2.54. The highest BCUT2D eigenvalue weighted by atomic mass is 79.9. The second-order valence-corrected chi connectivity index (χ2v) is 10.9. The Morgan fingerprint density at radius 1 is 1.27 bits per heavy atom. The first-order valence-electron chi connectivity index (χ1n) is 11.0. The van der Waals surface area contributed by atoms with Crippen molar-refractivity contribution in [3.8, 4) is 5.75 Å². The maximum atomic E-state index is 13.5. The zero-order valence-corrected chi connectivity index (χ0v) is 20.0. The van der Waals surface area contributed by atoms with Gasteiger partial charge in [0.05, 0.1) is 0 Å². The fraction of sp³-hybridized carbons (Fsp3) is 0.333. The van der Waals surface area contributed by atoms with Gasteiger partial charge in [-0.05, 0) is 61.7 Å². The van der Waals surface area contributed by atoms with Crippen LogP contribution in [0.3, 0.4) is 0 Å². The number of thioether (sulfide) groups is 1. The lowest BCUT2D eigenvalue weighted by Gasteiger charge is -2.48. The average Bonchev–Trinajstić information content (AvgIpc) is 3.39. The lowest BCUT2D eigenvalue weighted by molar-refractivity contribution is 0.0155. The largest absolute Gasteiger partial charge is 0.490 e. The number of nitrogens with one attached hydrogen (secondary N) is 2. The van der Waals surface area contributed by atoms with Crippen LogP contribution < -0.4 is 15.8 Å². The van der Waals surface area contributed by atoms with Crippen molar-refractivity contribution in [3.63, 3.8) is 0 Å². The topological polar surface area (TPSA) is 92.5 Å². The van der Waals surface area contributed by atoms with Gasteiger partial charge in [-0.15, -0.1) is 0 Å². The summed E-state index contributed by atoms with van der Waals surface area (Å²) in [6, 6.07) is 12.2. The number of H-pyrrole nitrogens is 1. The second kappa shape index (κ2) is 7.77. The lowest BCUT2D eigenvalue weighted by atomic mass is 9.67. The van der Waals surface area contributed by atoms with Crippen LogP contribution in [0.1, 0.15) is 35.3 Å². The summed E-state index contributed by atoms with van der Waals surface area (Å²) in [5, 5.41) is 4.46. The Kier molecular flexibility index (Phi) is 4.95. The number of halogens is 2. The van der Waals surface area contributed by atoms with Crippen LogP contribution in [0.4, 0.5) is 4.39 Å². The molecule has 3 heterocycles. The van der Waals surface area contributed by atoms with E-state index >= 15 is 0 Å². The third kappa shape index (κ3) is 3.52. The van der Waals surface area contributed by atoms with Crippen LogP contribution >= 0.6 is 27.7 Å². The summed E-state index contributed by atoms with van der Waals surface area (Å²) in [7, 11) is 0. The molecule has 1 spiro atoms. The minimum absolute atomic E-state index is 0.0156. The molecule has 9 heteroatoms. The van der Waals surface area contributed by atoms with Crippen LogP contribution in [0.15, 0.2) is 51.9 Å². The molecule has 0 radical (unpaired) electrons. The summed E-state index contributed by atoms with van der Waals surface area (Å²) in [6.07, 6.45) is 2.41. The van der Waals surface area contributed by atoms with Crippen LogP contribution in [0.2, 0.25) is 0 Å². The summed E-state index contributed by atoms with van der Waals surface area (Å²) in [5.74, 6) is 1.22. The Morgan fingerprint density at radius 2 is 2.15 bits per heavy atom. The zero-order chi connectivity index (χ0) is 22.7. The highest BCUT2D eigenvalue weighted by Crippen LogP contribution is 2.54. The summed E-state index contributed by atoms with van der Waals surface area (Å²) in [6.45, 7) is 0. The predicted octanol–water partition coefficient (Wildman–Crippen LogP) is 4.69. The van der Waals surface area contributed by atoms with E-state index in [0.717, 1.165) is 46.3 Å². The summed E-state index contributed by atoms with van der Waals surface area (Å²) in [4.78, 5) is 21.1. The predicted molar refractivity (Wildman–Crippen MR) is 131 cm³/mol. The number of carbonyl (C=O) groups is 1. The number of aliphatic imine (C=N–C) groups is 1. The Hall–Kier alpha value is -2.52. The third-order valence-corrected chi connectivity index (χ3v) is 8.46. The SMILES string of the molecule is NC1=NC2(CS1)c1cc(Br)ccc1OC1CCC(NC(=O)c3cc4cc(F)ccc4[nH]3)CC12. The van der Waals surface area contributed by atoms with Crippen LogP contribution in [-0.4, -0.2) is 34.0 Å². The van der Waals surface area contributed by atoms with Crippen LogP contribution in [0.25, 0.3) is 10.9 Å². The van der Waals surface area contributed by atoms with Crippen LogP contribution in [0.5, 0.6) is 5.75 Å². The molecule has 6 rings (SSSR count). The molecule has 3 aliphatic rings. The number of nitrogens with two attached hydrogens (primary N) is 1. The second-order valence-electron chi connectivity index (χ2n) is 8.96. The number of aromatic nitrogens is 1. The number of ether oxygens (including phenoxy) is 1. The molecule has 2 aliphatic heterocycles. The third-order valence-electron chi connectivity index (χ3n) is 7.00. The molecule has 1 fully saturated rings. The fourth-order valence-corrected chi connectivity index (χ4v) is 6.88. The molecule has 1 aliphatic carbocycles. The monoisotopic (exact) mass is 528 g/mol. The number of nitrogens with zero attached hydrogens (tertiary/aromatic N) is 1. The molecule has 2 aromatic carbocycles. The van der Waals surface area contributed by atoms with Crippen molar-refractivity contribution in [2.45, 2.75) is 36.9 Å². The van der Waals surface area contributed by atoms with Gasteiger partial charge in [0.25, 0.3) is 5.91 Å². The molecule has 0 bridgehead atoms. The number of amidine groups is 1. The summed E-state index contributed by atoms with van der Waals surface area (Å²) < 4.78 is 20.9. The molecular formula is C24H22BrFN4O2S. The first-order valence-corrected chi connectivity index (χ1v) is 12.7. The molecule has 1 aromatic heterocycles. The van der Waals surface area contributed by atoms with Gasteiger partial charge in [0, 0.05) is 38.7 Å². The first-order chi connectivity index (χ1) is 15.9. The van der Waals surface area contributed by atoms with Crippen molar-refractivity contribution in [3.05, 3.63) is 64.0 Å². The number of fused-ring (bicyclic) bond motifs is 5. The Balaban J connectivity index is 1.28. The van der Waals surface area contributed by atoms with Crippen LogP contribution in [0, 0.1) is 11.7 Å². The fourth-order valence-electron chi connectivity index (χ4n) is 5.49. The van der Waals surface area contributed by atoms with E-state index in [1.165, 1.54) is 12.1 Å². The quantitative estimate of drug-likeness (QED) is 0.450. The maximum Gasteiger partial charge on any atom is 0.267 e. The number of carbonyl (C=O) groups excluding carboxylic acids is 1. The molecule has 3 aromatic rings. The van der Waals surface area contributed by atoms with Crippen molar-refractivity contribution in [2.75, 3.05) is 5.75 Å².